The average Bonchev–Trinajstić information content (AvgIpc) is 0. The van der Waals surface area contributed by atoms with E-state index in [0.717, 1.165) is 0 Å². The molecule has 0 aromatic rings. The van der Waals surface area contributed by atoms with Crippen LogP contribution in [0.2, 0.25) is 0 Å². The Morgan fingerprint density at radius 2 is 1.00 bits per heavy atom. The van der Waals surface area contributed by atoms with Gasteiger partial charge in [-0.05, 0) is 0 Å². The monoisotopic (exact) mass is 273 g/mol. The molecule has 1 radical (unpaired) electrons. The molecule has 0 spiro atoms. The first-order valence-electron chi connectivity index (χ1n) is 0. The Labute approximate surface area is 93.3 Å². The SMILES string of the molecule is P.S.[AlH3].[Fe].[Mn].[Zn]. The summed E-state index contributed by atoms with van der Waals surface area (Å²) in [5, 5.41) is 0. The maximum atomic E-state index is 0. The Hall–Kier alpha value is 2.97. The van der Waals surface area contributed by atoms with Crippen LogP contribution in [-0.4, -0.2) is 17.4 Å². The fraction of sp³-hybridized carbons (Fsp3) is 0. The van der Waals surface area contributed by atoms with Crippen LogP contribution in [0.4, 0.5) is 0 Å². The minimum Gasteiger partial charge on any atom is -0.197 e. The van der Waals surface area contributed by atoms with Gasteiger partial charge in [-0.15, -0.1) is 0 Å². The third-order valence-electron chi connectivity index (χ3n) is 0. The van der Waals surface area contributed by atoms with Crippen LogP contribution in [-0.2, 0) is 53.6 Å². The molecule has 0 heterocycles. The number of rotatable bonds is 0. The Balaban J connectivity index is 0. The summed E-state index contributed by atoms with van der Waals surface area (Å²) in [6, 6.07) is 0. The van der Waals surface area contributed by atoms with Crippen molar-refractivity contribution in [1.29, 1.82) is 0 Å². The van der Waals surface area contributed by atoms with Crippen LogP contribution < -0.4 is 0 Å². The predicted molar refractivity (Wildman–Crippen MR) is 31.4 cm³/mol. The van der Waals surface area contributed by atoms with Gasteiger partial charge in [-0.2, -0.15) is 23.4 Å². The normalized spacial score (nSPS) is 0. The molecule has 0 aliphatic carbocycles. The zero-order chi connectivity index (χ0) is 0. The molecule has 0 rings (SSSR count). The van der Waals surface area contributed by atoms with Gasteiger partial charge in [0.05, 0.1) is 0 Å². The molecule has 0 aromatic heterocycles. The Bertz CT molecular complexity index is 15.5. The molecule has 0 saturated heterocycles. The molecule has 1 atom stereocenters. The van der Waals surface area contributed by atoms with Crippen molar-refractivity contribution >= 4 is 40.8 Å². The molecular formula is H8AlFeMnPSZn. The molecule has 0 fully saturated rings. The van der Waals surface area contributed by atoms with Gasteiger partial charge in [0, 0.05) is 53.6 Å². The van der Waals surface area contributed by atoms with E-state index < -0.39 is 0 Å². The summed E-state index contributed by atoms with van der Waals surface area (Å²) in [6.07, 6.45) is 0. The van der Waals surface area contributed by atoms with E-state index in [-0.39, 0.29) is 94.4 Å². The van der Waals surface area contributed by atoms with Crippen LogP contribution in [0, 0.1) is 0 Å². The standard InChI is InChI=1S/Al.Fe.Mn.H3P.H2S.Zn.3H/h;;;1H3;1H2;;;;. The number of hydrogen-bond donors (Lipinski definition) is 0. The molecule has 0 aliphatic rings. The van der Waals surface area contributed by atoms with E-state index in [9.17, 15) is 0 Å². The molecule has 39 valence electrons. The molecule has 0 N–H and O–H groups in total. The van der Waals surface area contributed by atoms with E-state index in [4.69, 9.17) is 0 Å². The fourth-order valence-electron chi connectivity index (χ4n) is 0. The predicted octanol–water partition coefficient (Wildman–Crippen LogP) is -1.02. The second kappa shape index (κ2) is 43.8. The summed E-state index contributed by atoms with van der Waals surface area (Å²) in [5.41, 5.74) is 0. The van der Waals surface area contributed by atoms with Crippen LogP contribution in [0.5, 0.6) is 0 Å². The second-order valence-corrected chi connectivity index (χ2v) is 0. The van der Waals surface area contributed by atoms with E-state index in [1.165, 1.54) is 0 Å². The van der Waals surface area contributed by atoms with Crippen molar-refractivity contribution in [1.82, 2.24) is 0 Å². The van der Waals surface area contributed by atoms with Crippen molar-refractivity contribution in [2.45, 2.75) is 0 Å². The Kier molecular flexibility index (Phi) is 471. The molecule has 0 aliphatic heterocycles. The van der Waals surface area contributed by atoms with Gasteiger partial charge in [0.1, 0.15) is 0 Å². The third-order valence-corrected chi connectivity index (χ3v) is 0. The summed E-state index contributed by atoms with van der Waals surface area (Å²) in [7, 11) is 0. The number of hydrogen-bond acceptors (Lipinski definition) is 0. The van der Waals surface area contributed by atoms with Gasteiger partial charge in [0.2, 0.25) is 0 Å². The first kappa shape index (κ1) is 64.5. The van der Waals surface area contributed by atoms with Gasteiger partial charge in [0.25, 0.3) is 0 Å². The smallest absolute Gasteiger partial charge is 0.187 e. The molecule has 0 aromatic carbocycles. The maximum absolute atomic E-state index is 0. The topological polar surface area (TPSA) is 0 Å². The molecule has 6 heteroatoms. The summed E-state index contributed by atoms with van der Waals surface area (Å²) in [6.45, 7) is 0. The molecule has 0 bridgehead atoms. The summed E-state index contributed by atoms with van der Waals surface area (Å²) < 4.78 is 0. The largest absolute Gasteiger partial charge is 0.197 e. The van der Waals surface area contributed by atoms with Gasteiger partial charge < -0.3 is 0 Å². The van der Waals surface area contributed by atoms with Crippen molar-refractivity contribution in [2.24, 2.45) is 0 Å². The fourth-order valence-corrected chi connectivity index (χ4v) is 0. The summed E-state index contributed by atoms with van der Waals surface area (Å²) in [4.78, 5) is 0. The van der Waals surface area contributed by atoms with Crippen LogP contribution >= 0.6 is 23.4 Å². The van der Waals surface area contributed by atoms with Crippen LogP contribution in [0.25, 0.3) is 0 Å². The van der Waals surface area contributed by atoms with Gasteiger partial charge in [0.15, 0.2) is 17.4 Å². The Morgan fingerprint density at radius 1 is 1.00 bits per heavy atom. The van der Waals surface area contributed by atoms with Crippen molar-refractivity contribution in [3.05, 3.63) is 0 Å². The quantitative estimate of drug-likeness (QED) is 0.392. The summed E-state index contributed by atoms with van der Waals surface area (Å²) >= 11 is 0. The summed E-state index contributed by atoms with van der Waals surface area (Å²) in [5.74, 6) is 0. The molecule has 6 heavy (non-hydrogen) atoms. The second-order valence-electron chi connectivity index (χ2n) is 0. The average molecular weight is 274 g/mol. The van der Waals surface area contributed by atoms with Crippen molar-refractivity contribution in [3.63, 3.8) is 0 Å². The first-order valence-corrected chi connectivity index (χ1v) is 0. The zero-order valence-corrected chi connectivity index (χ0v) is 10.3. The minimum absolute atomic E-state index is 0. The van der Waals surface area contributed by atoms with Crippen LogP contribution in [0.15, 0.2) is 0 Å². The maximum Gasteiger partial charge on any atom is 0.187 e. The van der Waals surface area contributed by atoms with Crippen molar-refractivity contribution in [3.8, 4) is 0 Å². The molecule has 1 unspecified atom stereocenters. The molecule has 0 saturated carbocycles. The van der Waals surface area contributed by atoms with Gasteiger partial charge in [-0.3, -0.25) is 0 Å². The van der Waals surface area contributed by atoms with E-state index in [0.29, 0.717) is 0 Å². The van der Waals surface area contributed by atoms with Crippen molar-refractivity contribution < 1.29 is 53.6 Å². The van der Waals surface area contributed by atoms with E-state index in [2.05, 4.69) is 0 Å². The van der Waals surface area contributed by atoms with E-state index >= 15 is 0 Å². The minimum atomic E-state index is 0. The Morgan fingerprint density at radius 3 is 1.00 bits per heavy atom. The van der Waals surface area contributed by atoms with Gasteiger partial charge in [-0.1, -0.05) is 0 Å². The van der Waals surface area contributed by atoms with Crippen LogP contribution in [0.1, 0.15) is 0 Å². The molecule has 0 amide bonds. The molecule has 0 nitrogen and oxygen atoms in total. The van der Waals surface area contributed by atoms with Gasteiger partial charge >= 0.3 is 0 Å². The zero-order valence-electron chi connectivity index (χ0n) is 2.65. The van der Waals surface area contributed by atoms with Gasteiger partial charge in [-0.25, -0.2) is 0 Å². The van der Waals surface area contributed by atoms with Crippen LogP contribution in [0.3, 0.4) is 0 Å². The first-order chi connectivity index (χ1) is 0. The van der Waals surface area contributed by atoms with E-state index in [1.54, 1.807) is 0 Å². The third kappa shape index (κ3) is 28.1. The van der Waals surface area contributed by atoms with Crippen molar-refractivity contribution in [2.75, 3.05) is 0 Å². The van der Waals surface area contributed by atoms with E-state index in [1.807, 2.05) is 0 Å². The molecular weight excluding hydrogens is 266 g/mol.